The number of fused-ring (bicyclic) bond motifs is 4. The Kier molecular flexibility index (Phi) is 3.78. The van der Waals surface area contributed by atoms with Crippen molar-refractivity contribution in [2.75, 3.05) is 13.1 Å². The van der Waals surface area contributed by atoms with Gasteiger partial charge >= 0.3 is 0 Å². The molecule has 1 aromatic heterocycles. The van der Waals surface area contributed by atoms with Crippen LogP contribution in [0.5, 0.6) is 0 Å². The molecule has 3 aliphatic rings. The fourth-order valence-electron chi connectivity index (χ4n) is 5.25. The van der Waals surface area contributed by atoms with E-state index in [2.05, 4.69) is 34.1 Å². The number of hydrogen-bond donors (Lipinski definition) is 0. The van der Waals surface area contributed by atoms with E-state index in [4.69, 9.17) is 0 Å². The number of carbonyl (C=O) groups excluding carboxylic acids is 2. The number of carbonyl (C=O) groups is 2. The van der Waals surface area contributed by atoms with E-state index in [9.17, 15) is 14.8 Å². The molecule has 2 fully saturated rings. The summed E-state index contributed by atoms with van der Waals surface area (Å²) in [4.78, 5) is 31.0. The van der Waals surface area contributed by atoms with Gasteiger partial charge < -0.3 is 10.1 Å². The zero-order chi connectivity index (χ0) is 20.4. The van der Waals surface area contributed by atoms with Crippen molar-refractivity contribution < 1.29 is 9.59 Å². The molecule has 3 heterocycles. The molecule has 7 heteroatoms. The first-order valence-corrected chi connectivity index (χ1v) is 10.3. The molecule has 2 aliphatic heterocycles. The molecule has 2 atom stereocenters. The Hall–Kier alpha value is -3.16. The van der Waals surface area contributed by atoms with Gasteiger partial charge in [0.2, 0.25) is 11.6 Å². The second-order valence-electron chi connectivity index (χ2n) is 8.44. The molecule has 30 heavy (non-hydrogen) atoms. The van der Waals surface area contributed by atoms with E-state index in [0.717, 1.165) is 26.1 Å². The Morgan fingerprint density at radius 3 is 2.07 bits per heavy atom. The lowest BCUT2D eigenvalue weighted by Gasteiger charge is -2.40. The topological polar surface area (TPSA) is 73.5 Å². The van der Waals surface area contributed by atoms with Crippen LogP contribution in [0.1, 0.15) is 44.1 Å². The van der Waals surface area contributed by atoms with E-state index in [1.54, 1.807) is 24.3 Å². The van der Waals surface area contributed by atoms with Crippen LogP contribution in [-0.2, 0) is 13.2 Å². The van der Waals surface area contributed by atoms with Crippen LogP contribution in [0.4, 0.5) is 0 Å². The summed E-state index contributed by atoms with van der Waals surface area (Å²) in [5, 5.41) is 12.6. The molecule has 1 aliphatic carbocycles. The highest BCUT2D eigenvalue weighted by molar-refractivity contribution is 6.27. The fourth-order valence-corrected chi connectivity index (χ4v) is 5.25. The Balaban J connectivity index is 1.20. The standard InChI is InChI=1S/C23H21N4O3/c28-22-18-8-4-5-9-19(18)23(29)21-20(22)26(27(21)30)14-25-13-16-10-17(25)12-24(16)11-15-6-2-1-3-7-15/h1-9,16-17H,10-14H2/q-1. The number of nitrogens with zero attached hydrogens (tertiary/aromatic N) is 4. The van der Waals surface area contributed by atoms with Crippen LogP contribution >= 0.6 is 0 Å². The molecular weight excluding hydrogens is 380 g/mol. The van der Waals surface area contributed by atoms with Gasteiger partial charge in [-0.05, 0) is 12.0 Å². The van der Waals surface area contributed by atoms with E-state index in [1.807, 2.05) is 6.07 Å². The van der Waals surface area contributed by atoms with Gasteiger partial charge in [0.05, 0.1) is 6.67 Å². The van der Waals surface area contributed by atoms with Crippen LogP contribution in [0.15, 0.2) is 54.6 Å². The highest BCUT2D eigenvalue weighted by atomic mass is 16.5. The third-order valence-electron chi connectivity index (χ3n) is 6.75. The van der Waals surface area contributed by atoms with Crippen molar-refractivity contribution in [2.45, 2.75) is 31.7 Å². The Bertz CT molecular complexity index is 1160. The van der Waals surface area contributed by atoms with Gasteiger partial charge in [0.25, 0.3) is 0 Å². The van der Waals surface area contributed by atoms with Gasteiger partial charge in [0.1, 0.15) is 11.4 Å². The van der Waals surface area contributed by atoms with E-state index < -0.39 is 0 Å². The van der Waals surface area contributed by atoms with Crippen molar-refractivity contribution in [1.29, 1.82) is 0 Å². The maximum absolute atomic E-state index is 12.9. The van der Waals surface area contributed by atoms with Gasteiger partial charge in [-0.25, -0.2) is 0 Å². The lowest BCUT2D eigenvalue weighted by Crippen LogP contribution is -2.49. The van der Waals surface area contributed by atoms with Gasteiger partial charge in [-0.3, -0.25) is 24.1 Å². The highest BCUT2D eigenvalue weighted by Crippen LogP contribution is 2.34. The minimum atomic E-state index is -0.358. The predicted octanol–water partition coefficient (Wildman–Crippen LogP) is 2.33. The number of rotatable bonds is 4. The molecule has 0 radical (unpaired) electrons. The van der Waals surface area contributed by atoms with Gasteiger partial charge in [-0.15, -0.1) is 0 Å². The van der Waals surface area contributed by atoms with E-state index in [1.165, 1.54) is 10.2 Å². The fraction of sp³-hybridized carbons (Fsp3) is 0.304. The summed E-state index contributed by atoms with van der Waals surface area (Å²) in [7, 11) is 0. The zero-order valence-corrected chi connectivity index (χ0v) is 16.4. The molecule has 0 N–H and O–H groups in total. The molecule has 0 saturated carbocycles. The molecule has 152 valence electrons. The van der Waals surface area contributed by atoms with Crippen LogP contribution in [-0.4, -0.2) is 56.1 Å². The zero-order valence-electron chi connectivity index (χ0n) is 16.4. The minimum Gasteiger partial charge on any atom is -0.791 e. The van der Waals surface area contributed by atoms with Gasteiger partial charge in [-0.2, -0.15) is 0 Å². The SMILES string of the molecule is O=C1c2ccccc2C(=O)c2c1n([O-])n2CN1CC2CC1CN2Cc1ccccc1. The molecule has 7 nitrogen and oxygen atoms in total. The second-order valence-corrected chi connectivity index (χ2v) is 8.44. The Morgan fingerprint density at radius 1 is 0.800 bits per heavy atom. The first kappa shape index (κ1) is 17.7. The van der Waals surface area contributed by atoms with Crippen LogP contribution in [0.25, 0.3) is 0 Å². The van der Waals surface area contributed by atoms with Crippen LogP contribution < -0.4 is 0 Å². The predicted molar refractivity (Wildman–Crippen MR) is 110 cm³/mol. The second kappa shape index (κ2) is 6.42. The van der Waals surface area contributed by atoms with E-state index >= 15 is 0 Å². The summed E-state index contributed by atoms with van der Waals surface area (Å²) in [5.74, 6) is -0.592. The van der Waals surface area contributed by atoms with Gasteiger partial charge in [0, 0.05) is 42.8 Å². The normalized spacial score (nSPS) is 23.2. The minimum absolute atomic E-state index is 0.0197. The number of hydrogen-bond acceptors (Lipinski definition) is 5. The van der Waals surface area contributed by atoms with Crippen molar-refractivity contribution in [3.8, 4) is 0 Å². The summed E-state index contributed by atoms with van der Waals surface area (Å²) in [5.41, 5.74) is 2.24. The Labute approximate surface area is 173 Å². The summed E-state index contributed by atoms with van der Waals surface area (Å²) in [6.45, 7) is 3.10. The highest BCUT2D eigenvalue weighted by Gasteiger charge is 2.44. The van der Waals surface area contributed by atoms with Crippen molar-refractivity contribution in [2.24, 2.45) is 0 Å². The number of ketones is 2. The Morgan fingerprint density at radius 2 is 1.40 bits per heavy atom. The number of piperazine rings is 1. The molecule has 3 aromatic rings. The average molecular weight is 401 g/mol. The molecule has 2 unspecified atom stereocenters. The number of likely N-dealkylation sites (tertiary alicyclic amines) is 2. The van der Waals surface area contributed by atoms with Gasteiger partial charge in [-0.1, -0.05) is 54.6 Å². The summed E-state index contributed by atoms with van der Waals surface area (Å²) < 4.78 is 1.42. The quantitative estimate of drug-likeness (QED) is 0.525. The largest absolute Gasteiger partial charge is 0.791 e. The molecule has 6 rings (SSSR count). The van der Waals surface area contributed by atoms with Crippen LogP contribution in [0, 0.1) is 5.21 Å². The summed E-state index contributed by atoms with van der Waals surface area (Å²) in [6, 6.07) is 18.0. The molecule has 0 amide bonds. The monoisotopic (exact) mass is 401 g/mol. The maximum atomic E-state index is 12.9. The summed E-state index contributed by atoms with van der Waals surface area (Å²) in [6.07, 6.45) is 1.07. The van der Waals surface area contributed by atoms with Crippen molar-refractivity contribution >= 4 is 11.6 Å². The van der Waals surface area contributed by atoms with Gasteiger partial charge in [0.15, 0.2) is 0 Å². The van der Waals surface area contributed by atoms with Crippen molar-refractivity contribution in [3.63, 3.8) is 0 Å². The lowest BCUT2D eigenvalue weighted by atomic mass is 9.89. The average Bonchev–Trinajstić information content (AvgIpc) is 3.35. The van der Waals surface area contributed by atoms with Crippen molar-refractivity contribution in [3.05, 3.63) is 87.9 Å². The molecule has 2 aromatic carbocycles. The van der Waals surface area contributed by atoms with E-state index in [-0.39, 0.29) is 23.0 Å². The smallest absolute Gasteiger partial charge is 0.214 e. The molecule has 0 spiro atoms. The first-order valence-electron chi connectivity index (χ1n) is 10.3. The van der Waals surface area contributed by atoms with Crippen molar-refractivity contribution in [1.82, 2.24) is 19.3 Å². The lowest BCUT2D eigenvalue weighted by molar-refractivity contribution is 0.0789. The maximum Gasteiger partial charge on any atom is 0.214 e. The molecular formula is C23H21N4O3-. The summed E-state index contributed by atoms with van der Waals surface area (Å²) >= 11 is 0. The number of benzene rings is 2. The third kappa shape index (κ3) is 2.45. The first-order chi connectivity index (χ1) is 14.6. The van der Waals surface area contributed by atoms with Crippen LogP contribution in [0.2, 0.25) is 0 Å². The number of aromatic nitrogens is 2. The molecule has 2 bridgehead atoms. The van der Waals surface area contributed by atoms with E-state index in [0.29, 0.717) is 34.7 Å². The third-order valence-corrected chi connectivity index (χ3v) is 6.75. The van der Waals surface area contributed by atoms with Crippen LogP contribution in [0.3, 0.4) is 0 Å². The molecule has 2 saturated heterocycles.